The molecule has 1 aliphatic rings. The van der Waals surface area contributed by atoms with Crippen LogP contribution in [0, 0.1) is 26.7 Å². The number of rotatable bonds is 3. The molecule has 0 unspecified atom stereocenters. The summed E-state index contributed by atoms with van der Waals surface area (Å²) in [6, 6.07) is 1.99. The Kier molecular flexibility index (Phi) is 3.90. The maximum atomic E-state index is 4.66. The van der Waals surface area contributed by atoms with E-state index in [9.17, 15) is 0 Å². The Hall–Kier alpha value is -1.91. The summed E-state index contributed by atoms with van der Waals surface area (Å²) in [5.74, 6) is 2.70. The predicted octanol–water partition coefficient (Wildman–Crippen LogP) is 2.51. The van der Waals surface area contributed by atoms with E-state index >= 15 is 0 Å². The quantitative estimate of drug-likeness (QED) is 0.869. The number of aryl methyl sites for hydroxylation is 2. The van der Waals surface area contributed by atoms with Crippen molar-refractivity contribution < 1.29 is 0 Å². The number of piperidine rings is 1. The topological polar surface area (TPSA) is 46.8 Å². The number of aromatic nitrogens is 4. The number of hydrogen-bond acceptors (Lipinski definition) is 4. The Balaban J connectivity index is 1.66. The SMILES string of the molecule is Cc1nc(C)c(C)c(N2CCC(Cn3cccn3)CC2)n1. The average molecular weight is 285 g/mol. The van der Waals surface area contributed by atoms with Gasteiger partial charge >= 0.3 is 0 Å². The van der Waals surface area contributed by atoms with E-state index in [1.165, 1.54) is 18.4 Å². The van der Waals surface area contributed by atoms with Crippen LogP contribution >= 0.6 is 0 Å². The smallest absolute Gasteiger partial charge is 0.135 e. The average Bonchev–Trinajstić information content (AvgIpc) is 2.97. The highest BCUT2D eigenvalue weighted by Gasteiger charge is 2.22. The van der Waals surface area contributed by atoms with Gasteiger partial charge in [0.1, 0.15) is 11.6 Å². The highest BCUT2D eigenvalue weighted by molar-refractivity contribution is 5.48. The minimum atomic E-state index is 0.713. The second-order valence-corrected chi connectivity index (χ2v) is 5.96. The molecule has 0 aliphatic carbocycles. The van der Waals surface area contributed by atoms with Crippen LogP contribution in [-0.4, -0.2) is 32.8 Å². The van der Waals surface area contributed by atoms with E-state index in [1.807, 2.05) is 30.1 Å². The van der Waals surface area contributed by atoms with Crippen molar-refractivity contribution in [2.24, 2.45) is 5.92 Å². The van der Waals surface area contributed by atoms with Gasteiger partial charge in [-0.05, 0) is 45.6 Å². The van der Waals surface area contributed by atoms with Gasteiger partial charge in [0.05, 0.1) is 0 Å². The van der Waals surface area contributed by atoms with E-state index in [4.69, 9.17) is 0 Å². The zero-order chi connectivity index (χ0) is 14.8. The van der Waals surface area contributed by atoms with Crippen molar-refractivity contribution in [3.05, 3.63) is 35.5 Å². The molecular formula is C16H23N5. The summed E-state index contributed by atoms with van der Waals surface area (Å²) in [5, 5.41) is 4.31. The summed E-state index contributed by atoms with van der Waals surface area (Å²) in [6.07, 6.45) is 6.29. The van der Waals surface area contributed by atoms with Gasteiger partial charge in [-0.25, -0.2) is 9.97 Å². The fourth-order valence-electron chi connectivity index (χ4n) is 3.06. The Morgan fingerprint density at radius 1 is 1.14 bits per heavy atom. The van der Waals surface area contributed by atoms with Crippen molar-refractivity contribution in [1.29, 1.82) is 0 Å². The molecule has 5 heteroatoms. The summed E-state index contributed by atoms with van der Waals surface area (Å²) in [4.78, 5) is 11.5. The van der Waals surface area contributed by atoms with Crippen LogP contribution in [0.5, 0.6) is 0 Å². The predicted molar refractivity (Wildman–Crippen MR) is 83.4 cm³/mol. The molecule has 0 saturated carbocycles. The Labute approximate surface area is 126 Å². The van der Waals surface area contributed by atoms with Crippen molar-refractivity contribution in [3.63, 3.8) is 0 Å². The lowest BCUT2D eigenvalue weighted by Crippen LogP contribution is -2.36. The minimum Gasteiger partial charge on any atom is -0.356 e. The van der Waals surface area contributed by atoms with Crippen LogP contribution in [-0.2, 0) is 6.54 Å². The van der Waals surface area contributed by atoms with E-state index in [2.05, 4.69) is 33.8 Å². The molecule has 5 nitrogen and oxygen atoms in total. The van der Waals surface area contributed by atoms with Crippen molar-refractivity contribution in [1.82, 2.24) is 19.7 Å². The summed E-state index contributed by atoms with van der Waals surface area (Å²) >= 11 is 0. The first-order valence-corrected chi connectivity index (χ1v) is 7.67. The fourth-order valence-corrected chi connectivity index (χ4v) is 3.06. The first-order valence-electron chi connectivity index (χ1n) is 7.67. The molecule has 0 radical (unpaired) electrons. The normalized spacial score (nSPS) is 16.4. The highest BCUT2D eigenvalue weighted by Crippen LogP contribution is 2.26. The van der Waals surface area contributed by atoms with Crippen LogP contribution in [0.2, 0.25) is 0 Å². The number of hydrogen-bond donors (Lipinski definition) is 0. The molecule has 0 spiro atoms. The van der Waals surface area contributed by atoms with Gasteiger partial charge in [0.25, 0.3) is 0 Å². The Morgan fingerprint density at radius 2 is 1.90 bits per heavy atom. The van der Waals surface area contributed by atoms with Crippen molar-refractivity contribution >= 4 is 5.82 Å². The van der Waals surface area contributed by atoms with E-state index in [-0.39, 0.29) is 0 Å². The molecular weight excluding hydrogens is 262 g/mol. The first kappa shape index (κ1) is 14.0. The van der Waals surface area contributed by atoms with E-state index in [1.54, 1.807) is 0 Å². The van der Waals surface area contributed by atoms with Crippen LogP contribution in [0.4, 0.5) is 5.82 Å². The molecule has 0 bridgehead atoms. The molecule has 1 saturated heterocycles. The molecule has 0 N–H and O–H groups in total. The van der Waals surface area contributed by atoms with Gasteiger partial charge in [0, 0.05) is 43.3 Å². The van der Waals surface area contributed by atoms with Gasteiger partial charge in [-0.2, -0.15) is 5.10 Å². The van der Waals surface area contributed by atoms with Gasteiger partial charge in [-0.15, -0.1) is 0 Å². The third-order valence-corrected chi connectivity index (χ3v) is 4.39. The summed E-state index contributed by atoms with van der Waals surface area (Å²) in [7, 11) is 0. The van der Waals surface area contributed by atoms with E-state index < -0.39 is 0 Å². The number of anilines is 1. The molecule has 2 aromatic heterocycles. The third-order valence-electron chi connectivity index (χ3n) is 4.39. The maximum absolute atomic E-state index is 4.66. The molecule has 2 aromatic rings. The lowest BCUT2D eigenvalue weighted by atomic mass is 9.96. The molecule has 0 amide bonds. The molecule has 21 heavy (non-hydrogen) atoms. The van der Waals surface area contributed by atoms with Crippen molar-refractivity contribution in [2.75, 3.05) is 18.0 Å². The van der Waals surface area contributed by atoms with Crippen LogP contribution in [0.15, 0.2) is 18.5 Å². The molecule has 0 aromatic carbocycles. The van der Waals surface area contributed by atoms with Gasteiger partial charge < -0.3 is 4.90 Å². The highest BCUT2D eigenvalue weighted by atomic mass is 15.3. The van der Waals surface area contributed by atoms with Crippen LogP contribution in [0.3, 0.4) is 0 Å². The van der Waals surface area contributed by atoms with Crippen molar-refractivity contribution in [3.8, 4) is 0 Å². The largest absolute Gasteiger partial charge is 0.356 e. The standard InChI is InChI=1S/C16H23N5/c1-12-13(2)18-14(3)19-16(12)20-9-5-15(6-10-20)11-21-8-4-7-17-21/h4,7-8,15H,5-6,9-11H2,1-3H3. The maximum Gasteiger partial charge on any atom is 0.135 e. The van der Waals surface area contributed by atoms with Crippen LogP contribution in [0.1, 0.15) is 29.9 Å². The van der Waals surface area contributed by atoms with E-state index in [0.717, 1.165) is 37.0 Å². The van der Waals surface area contributed by atoms with Gasteiger partial charge in [-0.1, -0.05) is 0 Å². The molecule has 0 atom stereocenters. The van der Waals surface area contributed by atoms with Crippen LogP contribution in [0.25, 0.3) is 0 Å². The molecule has 1 fully saturated rings. The second kappa shape index (κ2) is 5.84. The third kappa shape index (κ3) is 3.06. The first-order chi connectivity index (χ1) is 10.1. The lowest BCUT2D eigenvalue weighted by molar-refractivity contribution is 0.341. The zero-order valence-corrected chi connectivity index (χ0v) is 13.1. The minimum absolute atomic E-state index is 0.713. The summed E-state index contributed by atoms with van der Waals surface area (Å²) < 4.78 is 2.05. The summed E-state index contributed by atoms with van der Waals surface area (Å²) in [5.41, 5.74) is 2.31. The Bertz CT molecular complexity index is 597. The van der Waals surface area contributed by atoms with Gasteiger partial charge in [0.15, 0.2) is 0 Å². The molecule has 112 valence electrons. The molecule has 3 rings (SSSR count). The second-order valence-electron chi connectivity index (χ2n) is 5.96. The number of nitrogens with zero attached hydrogens (tertiary/aromatic N) is 5. The monoisotopic (exact) mass is 285 g/mol. The van der Waals surface area contributed by atoms with Gasteiger partial charge in [-0.3, -0.25) is 4.68 Å². The zero-order valence-electron chi connectivity index (χ0n) is 13.1. The van der Waals surface area contributed by atoms with Crippen LogP contribution < -0.4 is 4.90 Å². The van der Waals surface area contributed by atoms with E-state index in [0.29, 0.717) is 5.92 Å². The Morgan fingerprint density at radius 3 is 2.57 bits per heavy atom. The fraction of sp³-hybridized carbons (Fsp3) is 0.562. The molecule has 3 heterocycles. The van der Waals surface area contributed by atoms with Gasteiger partial charge in [0.2, 0.25) is 0 Å². The summed E-state index contributed by atoms with van der Waals surface area (Å²) in [6.45, 7) is 9.34. The van der Waals surface area contributed by atoms with Crippen molar-refractivity contribution in [2.45, 2.75) is 40.2 Å². The lowest BCUT2D eigenvalue weighted by Gasteiger charge is -2.33. The molecule has 1 aliphatic heterocycles.